The van der Waals surface area contributed by atoms with Crippen LogP contribution in [0.4, 0.5) is 0 Å². The fourth-order valence-corrected chi connectivity index (χ4v) is 1.65. The standard InChI is InChI=1S/C6H12N2O/c7-8-3-5-1-2-6(4-8)9-5/h5-6H,1-4,7H2. The highest BCUT2D eigenvalue weighted by atomic mass is 16.5. The molecule has 9 heavy (non-hydrogen) atoms. The zero-order valence-corrected chi connectivity index (χ0v) is 5.42. The van der Waals surface area contributed by atoms with Gasteiger partial charge in [0.05, 0.1) is 12.2 Å². The van der Waals surface area contributed by atoms with Crippen LogP contribution >= 0.6 is 0 Å². The highest BCUT2D eigenvalue weighted by Crippen LogP contribution is 2.24. The molecule has 2 atom stereocenters. The Morgan fingerprint density at radius 2 is 1.78 bits per heavy atom. The third-order valence-electron chi connectivity index (χ3n) is 2.07. The molecule has 0 radical (unpaired) electrons. The zero-order chi connectivity index (χ0) is 6.27. The molecule has 2 rings (SSSR count). The molecule has 0 aromatic carbocycles. The molecule has 0 spiro atoms. The van der Waals surface area contributed by atoms with Gasteiger partial charge >= 0.3 is 0 Å². The molecule has 2 bridgehead atoms. The summed E-state index contributed by atoms with van der Waals surface area (Å²) in [5.41, 5.74) is 0. The summed E-state index contributed by atoms with van der Waals surface area (Å²) < 4.78 is 5.55. The molecule has 0 aromatic rings. The van der Waals surface area contributed by atoms with Gasteiger partial charge in [0.1, 0.15) is 0 Å². The van der Waals surface area contributed by atoms with E-state index in [1.165, 1.54) is 12.8 Å². The van der Waals surface area contributed by atoms with E-state index in [0.29, 0.717) is 12.2 Å². The second-order valence-corrected chi connectivity index (χ2v) is 2.91. The maximum Gasteiger partial charge on any atom is 0.0721 e. The lowest BCUT2D eigenvalue weighted by molar-refractivity contribution is -0.0386. The Labute approximate surface area is 54.7 Å². The minimum Gasteiger partial charge on any atom is -0.372 e. The molecule has 2 heterocycles. The van der Waals surface area contributed by atoms with Gasteiger partial charge in [0, 0.05) is 13.1 Å². The number of rotatable bonds is 0. The summed E-state index contributed by atoms with van der Waals surface area (Å²) in [7, 11) is 0. The number of ether oxygens (including phenoxy) is 1. The van der Waals surface area contributed by atoms with E-state index in [0.717, 1.165) is 13.1 Å². The lowest BCUT2D eigenvalue weighted by Crippen LogP contribution is -2.46. The SMILES string of the molecule is NN1CC2CCC(C1)O2. The predicted octanol–water partition coefficient (Wildman–Crippen LogP) is -0.277. The number of nitrogens with zero attached hydrogens (tertiary/aromatic N) is 1. The largest absolute Gasteiger partial charge is 0.372 e. The molecule has 0 aromatic heterocycles. The van der Waals surface area contributed by atoms with Gasteiger partial charge in [-0.2, -0.15) is 0 Å². The molecular weight excluding hydrogens is 116 g/mol. The van der Waals surface area contributed by atoms with Crippen molar-refractivity contribution in [3.63, 3.8) is 0 Å². The van der Waals surface area contributed by atoms with Gasteiger partial charge in [-0.15, -0.1) is 0 Å². The molecule has 2 unspecified atom stereocenters. The van der Waals surface area contributed by atoms with Crippen molar-refractivity contribution in [2.24, 2.45) is 5.84 Å². The van der Waals surface area contributed by atoms with Gasteiger partial charge in [-0.1, -0.05) is 0 Å². The van der Waals surface area contributed by atoms with E-state index in [1.54, 1.807) is 0 Å². The van der Waals surface area contributed by atoms with Gasteiger partial charge in [0.25, 0.3) is 0 Å². The van der Waals surface area contributed by atoms with E-state index in [9.17, 15) is 0 Å². The van der Waals surface area contributed by atoms with Crippen LogP contribution in [-0.4, -0.2) is 30.3 Å². The summed E-state index contributed by atoms with van der Waals surface area (Å²) in [5.74, 6) is 5.61. The average molecular weight is 128 g/mol. The maximum atomic E-state index is 5.61. The third-order valence-corrected chi connectivity index (χ3v) is 2.07. The first-order chi connectivity index (χ1) is 4.34. The topological polar surface area (TPSA) is 38.5 Å². The Hall–Kier alpha value is -0.120. The minimum absolute atomic E-state index is 0.439. The Balaban J connectivity index is 2.03. The second kappa shape index (κ2) is 1.94. The van der Waals surface area contributed by atoms with Gasteiger partial charge in [-0.3, -0.25) is 5.84 Å². The van der Waals surface area contributed by atoms with Crippen LogP contribution in [-0.2, 0) is 4.74 Å². The zero-order valence-electron chi connectivity index (χ0n) is 5.42. The fourth-order valence-electron chi connectivity index (χ4n) is 1.65. The molecule has 3 heteroatoms. The number of hydrazine groups is 1. The molecule has 2 N–H and O–H groups in total. The summed E-state index contributed by atoms with van der Waals surface area (Å²) in [6, 6.07) is 0. The average Bonchev–Trinajstić information content (AvgIpc) is 2.11. The first kappa shape index (κ1) is 5.65. The third kappa shape index (κ3) is 0.956. The van der Waals surface area contributed by atoms with Crippen molar-refractivity contribution < 1.29 is 4.74 Å². The molecule has 52 valence electrons. The van der Waals surface area contributed by atoms with Crippen LogP contribution < -0.4 is 5.84 Å². The molecule has 0 saturated carbocycles. The van der Waals surface area contributed by atoms with Crippen molar-refractivity contribution in [3.8, 4) is 0 Å². The van der Waals surface area contributed by atoms with Crippen LogP contribution in [0, 0.1) is 0 Å². The van der Waals surface area contributed by atoms with Gasteiger partial charge in [0.2, 0.25) is 0 Å². The Morgan fingerprint density at radius 3 is 2.33 bits per heavy atom. The van der Waals surface area contributed by atoms with Crippen molar-refractivity contribution in [3.05, 3.63) is 0 Å². The number of nitrogens with two attached hydrogens (primary N) is 1. The Kier molecular flexibility index (Phi) is 1.22. The monoisotopic (exact) mass is 128 g/mol. The van der Waals surface area contributed by atoms with E-state index in [1.807, 2.05) is 5.01 Å². The number of fused-ring (bicyclic) bond motifs is 2. The number of hydrogen-bond donors (Lipinski definition) is 1. The maximum absolute atomic E-state index is 5.61. The highest BCUT2D eigenvalue weighted by Gasteiger charge is 2.32. The van der Waals surface area contributed by atoms with E-state index in [-0.39, 0.29) is 0 Å². The van der Waals surface area contributed by atoms with E-state index in [2.05, 4.69) is 0 Å². The molecule has 2 saturated heterocycles. The van der Waals surface area contributed by atoms with Crippen molar-refractivity contribution in [1.82, 2.24) is 5.01 Å². The minimum atomic E-state index is 0.439. The summed E-state index contributed by atoms with van der Waals surface area (Å²) in [6.07, 6.45) is 3.29. The van der Waals surface area contributed by atoms with Crippen molar-refractivity contribution in [2.75, 3.05) is 13.1 Å². The van der Waals surface area contributed by atoms with Crippen LogP contribution in [0.1, 0.15) is 12.8 Å². The Bertz CT molecular complexity index is 106. The summed E-state index contributed by atoms with van der Waals surface area (Å²) in [4.78, 5) is 0. The van der Waals surface area contributed by atoms with Crippen molar-refractivity contribution in [1.29, 1.82) is 0 Å². The summed E-state index contributed by atoms with van der Waals surface area (Å²) in [5, 5.41) is 1.87. The van der Waals surface area contributed by atoms with Crippen LogP contribution in [0.15, 0.2) is 0 Å². The van der Waals surface area contributed by atoms with Crippen molar-refractivity contribution in [2.45, 2.75) is 25.0 Å². The molecule has 3 nitrogen and oxygen atoms in total. The molecule has 0 aliphatic carbocycles. The van der Waals surface area contributed by atoms with Crippen LogP contribution in [0.5, 0.6) is 0 Å². The van der Waals surface area contributed by atoms with Gasteiger partial charge in [-0.05, 0) is 12.8 Å². The lowest BCUT2D eigenvalue weighted by Gasteiger charge is -2.27. The molecular formula is C6H12N2O. The van der Waals surface area contributed by atoms with Gasteiger partial charge < -0.3 is 4.74 Å². The summed E-state index contributed by atoms with van der Waals surface area (Å²) in [6.45, 7) is 1.85. The lowest BCUT2D eigenvalue weighted by atomic mass is 10.2. The van der Waals surface area contributed by atoms with Crippen molar-refractivity contribution >= 4 is 0 Å². The van der Waals surface area contributed by atoms with E-state index in [4.69, 9.17) is 10.6 Å². The first-order valence-corrected chi connectivity index (χ1v) is 3.50. The number of morpholine rings is 1. The van der Waals surface area contributed by atoms with Crippen LogP contribution in [0.3, 0.4) is 0 Å². The highest BCUT2D eigenvalue weighted by molar-refractivity contribution is 4.82. The smallest absolute Gasteiger partial charge is 0.0721 e. The number of hydrogen-bond acceptors (Lipinski definition) is 3. The van der Waals surface area contributed by atoms with Crippen LogP contribution in [0.25, 0.3) is 0 Å². The molecule has 2 aliphatic rings. The molecule has 2 fully saturated rings. The van der Waals surface area contributed by atoms with E-state index < -0.39 is 0 Å². The molecule has 2 aliphatic heterocycles. The Morgan fingerprint density at radius 1 is 1.22 bits per heavy atom. The fraction of sp³-hybridized carbons (Fsp3) is 1.00. The predicted molar refractivity (Wildman–Crippen MR) is 33.7 cm³/mol. The van der Waals surface area contributed by atoms with Gasteiger partial charge in [0.15, 0.2) is 0 Å². The van der Waals surface area contributed by atoms with Crippen LogP contribution in [0.2, 0.25) is 0 Å². The van der Waals surface area contributed by atoms with Gasteiger partial charge in [-0.25, -0.2) is 5.01 Å². The second-order valence-electron chi connectivity index (χ2n) is 2.91. The molecule has 0 amide bonds. The first-order valence-electron chi connectivity index (χ1n) is 3.50. The summed E-state index contributed by atoms with van der Waals surface area (Å²) >= 11 is 0. The van der Waals surface area contributed by atoms with E-state index >= 15 is 0 Å². The normalized spacial score (nSPS) is 43.7. The quantitative estimate of drug-likeness (QED) is 0.456.